The average Bonchev–Trinajstić information content (AvgIpc) is 2.91. The molecule has 3 aromatic rings. The van der Waals surface area contributed by atoms with Crippen molar-refractivity contribution >= 4 is 34.2 Å². The van der Waals surface area contributed by atoms with E-state index in [0.717, 1.165) is 15.7 Å². The summed E-state index contributed by atoms with van der Waals surface area (Å²) in [6.07, 6.45) is -4.34. The van der Waals surface area contributed by atoms with Crippen molar-refractivity contribution in [1.82, 2.24) is 9.78 Å². The van der Waals surface area contributed by atoms with Crippen molar-refractivity contribution in [2.75, 3.05) is 5.32 Å². The van der Waals surface area contributed by atoms with E-state index in [1.54, 1.807) is 19.9 Å². The molecule has 3 rings (SSSR count). The molecule has 0 atom stereocenters. The van der Waals surface area contributed by atoms with Gasteiger partial charge in [-0.15, -0.1) is 0 Å². The zero-order chi connectivity index (χ0) is 20.5. The highest BCUT2D eigenvalue weighted by atomic mass is 127. The number of amides is 1. The minimum Gasteiger partial charge on any atom is -0.325 e. The first-order chi connectivity index (χ1) is 13.2. The summed E-state index contributed by atoms with van der Waals surface area (Å²) in [4.78, 5) is 12.5. The Balaban J connectivity index is 1.86. The summed E-state index contributed by atoms with van der Waals surface area (Å²) in [6, 6.07) is 12.4. The highest BCUT2D eigenvalue weighted by Gasteiger charge is 2.30. The minimum absolute atomic E-state index is 0.0849. The number of alkyl halides is 3. The molecule has 2 aromatic carbocycles. The van der Waals surface area contributed by atoms with E-state index in [4.69, 9.17) is 0 Å². The number of nitrogens with one attached hydrogen (secondary N) is 1. The fourth-order valence-corrected chi connectivity index (χ4v) is 3.44. The molecule has 146 valence electrons. The van der Waals surface area contributed by atoms with E-state index < -0.39 is 11.7 Å². The van der Waals surface area contributed by atoms with Crippen LogP contribution in [-0.4, -0.2) is 15.7 Å². The molecule has 0 aliphatic carbocycles. The number of benzene rings is 2. The maximum Gasteiger partial charge on any atom is 0.416 e. The van der Waals surface area contributed by atoms with Gasteiger partial charge in [-0.3, -0.25) is 4.79 Å². The number of carbonyl (C=O) groups is 1. The van der Waals surface area contributed by atoms with E-state index in [2.05, 4.69) is 33.0 Å². The van der Waals surface area contributed by atoms with Gasteiger partial charge in [0.25, 0.3) is 0 Å². The largest absolute Gasteiger partial charge is 0.416 e. The molecule has 1 amide bonds. The van der Waals surface area contributed by atoms with Crippen LogP contribution in [0.2, 0.25) is 0 Å². The standard InChI is InChI=1S/C20H17F3IN3O/c1-12-16(11-19(28)25-18-9-4-3-8-17(18)24)13(2)27(26-12)15-7-5-6-14(10-15)20(21,22)23/h3-10H,11H2,1-2H3,(H,25,28). The number of nitrogens with zero attached hydrogens (tertiary/aromatic N) is 2. The van der Waals surface area contributed by atoms with Crippen LogP contribution < -0.4 is 5.32 Å². The molecule has 0 saturated heterocycles. The van der Waals surface area contributed by atoms with Crippen LogP contribution in [0.3, 0.4) is 0 Å². The number of anilines is 1. The Labute approximate surface area is 173 Å². The van der Waals surface area contributed by atoms with Gasteiger partial charge in [0.05, 0.1) is 29.1 Å². The predicted octanol–water partition coefficient (Wildman–Crippen LogP) is 5.29. The maximum absolute atomic E-state index is 13.0. The van der Waals surface area contributed by atoms with Crippen molar-refractivity contribution in [1.29, 1.82) is 0 Å². The number of aryl methyl sites for hydroxylation is 1. The molecule has 0 aliphatic rings. The Hall–Kier alpha value is -2.36. The summed E-state index contributed by atoms with van der Waals surface area (Å²) in [6.45, 7) is 3.49. The van der Waals surface area contributed by atoms with Crippen LogP contribution in [0.5, 0.6) is 0 Å². The molecule has 0 spiro atoms. The molecule has 0 aliphatic heterocycles. The van der Waals surface area contributed by atoms with Crippen LogP contribution in [-0.2, 0) is 17.4 Å². The number of hydrogen-bond donors (Lipinski definition) is 1. The van der Waals surface area contributed by atoms with E-state index in [-0.39, 0.29) is 12.3 Å². The molecule has 8 heteroatoms. The van der Waals surface area contributed by atoms with Gasteiger partial charge in [0.2, 0.25) is 5.91 Å². The number of halogens is 4. The van der Waals surface area contributed by atoms with Gasteiger partial charge in [-0.25, -0.2) is 4.68 Å². The first-order valence-electron chi connectivity index (χ1n) is 8.44. The van der Waals surface area contributed by atoms with Gasteiger partial charge >= 0.3 is 6.18 Å². The van der Waals surface area contributed by atoms with Gasteiger partial charge in [0, 0.05) is 14.8 Å². The van der Waals surface area contributed by atoms with Crippen LogP contribution in [0.25, 0.3) is 5.69 Å². The Kier molecular flexibility index (Phi) is 5.78. The number of para-hydroxylation sites is 1. The van der Waals surface area contributed by atoms with Gasteiger partial charge < -0.3 is 5.32 Å². The van der Waals surface area contributed by atoms with E-state index in [0.29, 0.717) is 28.3 Å². The summed E-state index contributed by atoms with van der Waals surface area (Å²) < 4.78 is 41.4. The van der Waals surface area contributed by atoms with Gasteiger partial charge in [0.15, 0.2) is 0 Å². The monoisotopic (exact) mass is 499 g/mol. The molecular weight excluding hydrogens is 482 g/mol. The third kappa shape index (κ3) is 4.37. The van der Waals surface area contributed by atoms with Crippen molar-refractivity contribution in [2.45, 2.75) is 26.4 Å². The lowest BCUT2D eigenvalue weighted by Gasteiger charge is -2.10. The van der Waals surface area contributed by atoms with Crippen molar-refractivity contribution < 1.29 is 18.0 Å². The first kappa shape index (κ1) is 20.4. The molecule has 28 heavy (non-hydrogen) atoms. The number of aromatic nitrogens is 2. The molecule has 0 radical (unpaired) electrons. The molecule has 0 fully saturated rings. The van der Waals surface area contributed by atoms with E-state index in [1.807, 2.05) is 24.3 Å². The molecular formula is C20H17F3IN3O. The lowest BCUT2D eigenvalue weighted by molar-refractivity contribution is -0.137. The van der Waals surface area contributed by atoms with Crippen LogP contribution >= 0.6 is 22.6 Å². The van der Waals surface area contributed by atoms with Crippen molar-refractivity contribution in [3.63, 3.8) is 0 Å². The Morgan fingerprint density at radius 1 is 1.14 bits per heavy atom. The summed E-state index contributed by atoms with van der Waals surface area (Å²) in [5, 5.41) is 7.21. The Morgan fingerprint density at radius 2 is 1.86 bits per heavy atom. The summed E-state index contributed by atoms with van der Waals surface area (Å²) in [5.74, 6) is -0.209. The average molecular weight is 499 g/mol. The molecule has 4 nitrogen and oxygen atoms in total. The number of carbonyl (C=O) groups excluding carboxylic acids is 1. The summed E-state index contributed by atoms with van der Waals surface area (Å²) >= 11 is 2.14. The fraction of sp³-hybridized carbons (Fsp3) is 0.200. The molecule has 1 N–H and O–H groups in total. The highest BCUT2D eigenvalue weighted by molar-refractivity contribution is 14.1. The van der Waals surface area contributed by atoms with E-state index >= 15 is 0 Å². The summed E-state index contributed by atoms with van der Waals surface area (Å²) in [7, 11) is 0. The topological polar surface area (TPSA) is 46.9 Å². The SMILES string of the molecule is Cc1nn(-c2cccc(C(F)(F)F)c2)c(C)c1CC(=O)Nc1ccccc1I. The maximum atomic E-state index is 13.0. The van der Waals surface area contributed by atoms with E-state index in [9.17, 15) is 18.0 Å². The predicted molar refractivity (Wildman–Crippen MR) is 110 cm³/mol. The molecule has 1 aromatic heterocycles. The molecule has 0 bridgehead atoms. The van der Waals surface area contributed by atoms with Crippen molar-refractivity contribution in [3.8, 4) is 5.69 Å². The van der Waals surface area contributed by atoms with Crippen molar-refractivity contribution in [2.24, 2.45) is 0 Å². The number of hydrogen-bond acceptors (Lipinski definition) is 2. The smallest absolute Gasteiger partial charge is 0.325 e. The second-order valence-electron chi connectivity index (χ2n) is 6.31. The van der Waals surface area contributed by atoms with E-state index in [1.165, 1.54) is 10.7 Å². The zero-order valence-corrected chi connectivity index (χ0v) is 17.3. The second-order valence-corrected chi connectivity index (χ2v) is 7.48. The van der Waals surface area contributed by atoms with Gasteiger partial charge in [0.1, 0.15) is 0 Å². The second kappa shape index (κ2) is 7.94. The van der Waals surface area contributed by atoms with Crippen molar-refractivity contribution in [3.05, 3.63) is 74.6 Å². The van der Waals surface area contributed by atoms with Gasteiger partial charge in [-0.1, -0.05) is 18.2 Å². The summed E-state index contributed by atoms with van der Waals surface area (Å²) in [5.41, 5.74) is 2.22. The number of rotatable bonds is 4. The lowest BCUT2D eigenvalue weighted by atomic mass is 10.1. The normalized spacial score (nSPS) is 11.5. The zero-order valence-electron chi connectivity index (χ0n) is 15.1. The lowest BCUT2D eigenvalue weighted by Crippen LogP contribution is -2.16. The van der Waals surface area contributed by atoms with Crippen LogP contribution in [0.4, 0.5) is 18.9 Å². The molecule has 0 saturated carbocycles. The first-order valence-corrected chi connectivity index (χ1v) is 9.52. The molecule has 1 heterocycles. The fourth-order valence-electron chi connectivity index (χ4n) is 2.91. The Morgan fingerprint density at radius 3 is 2.54 bits per heavy atom. The molecule has 0 unspecified atom stereocenters. The van der Waals surface area contributed by atoms with Gasteiger partial charge in [-0.05, 0) is 66.8 Å². The quantitative estimate of drug-likeness (QED) is 0.496. The third-order valence-electron chi connectivity index (χ3n) is 4.34. The highest BCUT2D eigenvalue weighted by Crippen LogP contribution is 2.31. The third-order valence-corrected chi connectivity index (χ3v) is 5.29. The van der Waals surface area contributed by atoms with Crippen LogP contribution in [0, 0.1) is 17.4 Å². The van der Waals surface area contributed by atoms with Crippen LogP contribution in [0.15, 0.2) is 48.5 Å². The van der Waals surface area contributed by atoms with Crippen LogP contribution in [0.1, 0.15) is 22.5 Å². The minimum atomic E-state index is -4.43. The van der Waals surface area contributed by atoms with Gasteiger partial charge in [-0.2, -0.15) is 18.3 Å². The Bertz CT molecular complexity index is 1030.